The first-order valence-corrected chi connectivity index (χ1v) is 8.98. The van der Waals surface area contributed by atoms with Gasteiger partial charge in [-0.15, -0.1) is 10.2 Å². The predicted molar refractivity (Wildman–Crippen MR) is 84.2 cm³/mol. The molecule has 0 radical (unpaired) electrons. The van der Waals surface area contributed by atoms with Gasteiger partial charge >= 0.3 is 0 Å². The Bertz CT molecular complexity index is 729. The highest BCUT2D eigenvalue weighted by Crippen LogP contribution is 2.16. The van der Waals surface area contributed by atoms with Crippen LogP contribution in [0.15, 0.2) is 35.2 Å². The fourth-order valence-corrected chi connectivity index (χ4v) is 3.49. The van der Waals surface area contributed by atoms with E-state index in [9.17, 15) is 13.2 Å². The second-order valence-corrected chi connectivity index (χ2v) is 7.27. The summed E-state index contributed by atoms with van der Waals surface area (Å²) >= 11 is 1.28. The zero-order valence-corrected chi connectivity index (χ0v) is 13.6. The lowest BCUT2D eigenvalue weighted by Crippen LogP contribution is -2.32. The first-order chi connectivity index (χ1) is 10.5. The summed E-state index contributed by atoms with van der Waals surface area (Å²) in [7, 11) is -3.69. The van der Waals surface area contributed by atoms with Crippen LogP contribution in [0.2, 0.25) is 0 Å². The van der Waals surface area contributed by atoms with Crippen molar-refractivity contribution in [3.05, 3.63) is 35.3 Å². The van der Waals surface area contributed by atoms with Gasteiger partial charge in [0.2, 0.25) is 21.1 Å². The molecule has 0 unspecified atom stereocenters. The van der Waals surface area contributed by atoms with Gasteiger partial charge in [0.1, 0.15) is 5.01 Å². The van der Waals surface area contributed by atoms with Crippen LogP contribution in [0.3, 0.4) is 0 Å². The smallest absolute Gasteiger partial charge is 0.241 e. The molecule has 1 heterocycles. The molecule has 9 heteroatoms. The van der Waals surface area contributed by atoms with E-state index in [0.29, 0.717) is 5.13 Å². The summed E-state index contributed by atoms with van der Waals surface area (Å²) in [6.45, 7) is 1.66. The van der Waals surface area contributed by atoms with Gasteiger partial charge in [-0.1, -0.05) is 36.5 Å². The van der Waals surface area contributed by atoms with Crippen molar-refractivity contribution in [1.82, 2.24) is 14.9 Å². The summed E-state index contributed by atoms with van der Waals surface area (Å²) in [6, 6.07) is 7.87. The minimum Gasteiger partial charge on any atom is -0.299 e. The van der Waals surface area contributed by atoms with E-state index >= 15 is 0 Å². The molecule has 0 bridgehead atoms. The molecule has 2 aromatic rings. The molecular weight excluding hydrogens is 324 g/mol. The van der Waals surface area contributed by atoms with Crippen LogP contribution in [0.1, 0.15) is 18.4 Å². The number of rotatable bonds is 7. The quantitative estimate of drug-likeness (QED) is 0.793. The fraction of sp³-hybridized carbons (Fsp3) is 0.308. The number of nitrogens with zero attached hydrogens (tertiary/aromatic N) is 2. The molecule has 2 N–H and O–H groups in total. The van der Waals surface area contributed by atoms with Crippen LogP contribution in [0, 0.1) is 0 Å². The highest BCUT2D eigenvalue weighted by atomic mass is 32.2. The molecule has 0 spiro atoms. The average Bonchev–Trinajstić information content (AvgIpc) is 2.94. The monoisotopic (exact) mass is 340 g/mol. The molecule has 1 aromatic carbocycles. The predicted octanol–water partition coefficient (Wildman–Crippen LogP) is 1.41. The first-order valence-electron chi connectivity index (χ1n) is 6.68. The van der Waals surface area contributed by atoms with Crippen molar-refractivity contribution < 1.29 is 13.2 Å². The molecule has 0 aliphatic carbocycles. The van der Waals surface area contributed by atoms with Crippen molar-refractivity contribution in [1.29, 1.82) is 0 Å². The third kappa shape index (κ3) is 4.58. The molecule has 0 saturated heterocycles. The fourth-order valence-electron chi connectivity index (χ4n) is 1.63. The number of hydrogen-bond acceptors (Lipinski definition) is 6. The third-order valence-corrected chi connectivity index (χ3v) is 4.97. The molecule has 0 atom stereocenters. The number of carbonyl (C=O) groups is 1. The molecule has 22 heavy (non-hydrogen) atoms. The largest absolute Gasteiger partial charge is 0.299 e. The molecule has 0 fully saturated rings. The topological polar surface area (TPSA) is 101 Å². The van der Waals surface area contributed by atoms with Crippen LogP contribution in [0.5, 0.6) is 0 Å². The summed E-state index contributed by atoms with van der Waals surface area (Å²) in [4.78, 5) is 11.9. The van der Waals surface area contributed by atoms with Crippen LogP contribution < -0.4 is 10.0 Å². The molecule has 1 amide bonds. The zero-order chi connectivity index (χ0) is 16.0. The molecule has 7 nitrogen and oxygen atoms in total. The van der Waals surface area contributed by atoms with Crippen molar-refractivity contribution in [2.45, 2.75) is 24.7 Å². The molecule has 1 aromatic heterocycles. The van der Waals surface area contributed by atoms with E-state index in [-0.39, 0.29) is 11.4 Å². The van der Waals surface area contributed by atoms with Crippen molar-refractivity contribution >= 4 is 32.4 Å². The van der Waals surface area contributed by atoms with Gasteiger partial charge < -0.3 is 0 Å². The number of nitrogens with one attached hydrogen (secondary N) is 2. The van der Waals surface area contributed by atoms with Gasteiger partial charge in [0.05, 0.1) is 11.4 Å². The minimum atomic E-state index is -3.69. The third-order valence-electron chi connectivity index (χ3n) is 2.65. The van der Waals surface area contributed by atoms with Gasteiger partial charge in [-0.2, -0.15) is 0 Å². The number of amides is 1. The maximum atomic E-state index is 12.0. The number of carbonyl (C=O) groups excluding carboxylic acids is 1. The Morgan fingerprint density at radius 2 is 1.95 bits per heavy atom. The Hall–Kier alpha value is -1.84. The van der Waals surface area contributed by atoms with Crippen LogP contribution >= 0.6 is 11.3 Å². The number of aromatic nitrogens is 2. The Kier molecular flexibility index (Phi) is 5.58. The average molecular weight is 340 g/mol. The number of hydrogen-bond donors (Lipinski definition) is 2. The Morgan fingerprint density at radius 1 is 1.23 bits per heavy atom. The SMILES string of the molecule is CCCc1nnc(NC(=O)CNS(=O)(=O)c2ccccc2)s1. The summed E-state index contributed by atoms with van der Waals surface area (Å²) < 4.78 is 26.2. The summed E-state index contributed by atoms with van der Waals surface area (Å²) in [5.74, 6) is -0.487. The lowest BCUT2D eigenvalue weighted by atomic mass is 10.4. The molecule has 0 saturated carbocycles. The van der Waals surface area contributed by atoms with Crippen LogP contribution in [0.4, 0.5) is 5.13 Å². The molecule has 0 aliphatic rings. The van der Waals surface area contributed by atoms with Crippen molar-refractivity contribution in [2.75, 3.05) is 11.9 Å². The molecule has 0 aliphatic heterocycles. The highest BCUT2D eigenvalue weighted by molar-refractivity contribution is 7.89. The van der Waals surface area contributed by atoms with E-state index in [0.717, 1.165) is 17.8 Å². The Labute approximate surface area is 132 Å². The zero-order valence-electron chi connectivity index (χ0n) is 11.9. The molecule has 118 valence electrons. The maximum Gasteiger partial charge on any atom is 0.241 e. The first kappa shape index (κ1) is 16.5. The van der Waals surface area contributed by atoms with Crippen molar-refractivity contribution in [3.8, 4) is 0 Å². The second kappa shape index (κ2) is 7.43. The van der Waals surface area contributed by atoms with Crippen LogP contribution in [-0.4, -0.2) is 31.1 Å². The van der Waals surface area contributed by atoms with E-state index < -0.39 is 15.9 Å². The van der Waals surface area contributed by atoms with Crippen LogP contribution in [0.25, 0.3) is 0 Å². The van der Waals surface area contributed by atoms with Crippen LogP contribution in [-0.2, 0) is 21.2 Å². The summed E-state index contributed by atoms with van der Waals surface area (Å²) in [5.41, 5.74) is 0. The van der Waals surface area contributed by atoms with Crippen molar-refractivity contribution in [2.24, 2.45) is 0 Å². The second-order valence-electron chi connectivity index (χ2n) is 4.44. The summed E-state index contributed by atoms with van der Waals surface area (Å²) in [5, 5.41) is 11.5. The number of anilines is 1. The highest BCUT2D eigenvalue weighted by Gasteiger charge is 2.15. The standard InChI is InChI=1S/C13H16N4O3S2/c1-2-6-12-16-17-13(21-12)15-11(18)9-14-22(19,20)10-7-4-3-5-8-10/h3-5,7-8,14H,2,6,9H2,1H3,(H,15,17,18). The van der Waals surface area contributed by atoms with Gasteiger partial charge in [0.15, 0.2) is 0 Å². The minimum absolute atomic E-state index is 0.115. The molecular formula is C13H16N4O3S2. The van der Waals surface area contributed by atoms with Crippen molar-refractivity contribution in [3.63, 3.8) is 0 Å². The van der Waals surface area contributed by atoms with E-state index in [1.54, 1.807) is 18.2 Å². The lowest BCUT2D eigenvalue weighted by molar-refractivity contribution is -0.115. The van der Waals surface area contributed by atoms with E-state index in [1.165, 1.54) is 23.5 Å². The number of benzene rings is 1. The van der Waals surface area contributed by atoms with E-state index in [2.05, 4.69) is 20.2 Å². The van der Waals surface area contributed by atoms with Gasteiger partial charge in [-0.3, -0.25) is 10.1 Å². The molecule has 2 rings (SSSR count). The van der Waals surface area contributed by atoms with E-state index in [1.807, 2.05) is 6.92 Å². The maximum absolute atomic E-state index is 12.0. The van der Waals surface area contributed by atoms with Gasteiger partial charge in [-0.25, -0.2) is 13.1 Å². The number of sulfonamides is 1. The van der Waals surface area contributed by atoms with Gasteiger partial charge in [0, 0.05) is 6.42 Å². The lowest BCUT2D eigenvalue weighted by Gasteiger charge is -2.06. The Balaban J connectivity index is 1.89. The normalized spacial score (nSPS) is 11.3. The van der Waals surface area contributed by atoms with Gasteiger partial charge in [-0.05, 0) is 18.6 Å². The van der Waals surface area contributed by atoms with E-state index in [4.69, 9.17) is 0 Å². The summed E-state index contributed by atoms with van der Waals surface area (Å²) in [6.07, 6.45) is 1.74. The Morgan fingerprint density at radius 3 is 2.64 bits per heavy atom. The number of aryl methyl sites for hydroxylation is 1. The van der Waals surface area contributed by atoms with Gasteiger partial charge in [0.25, 0.3) is 0 Å².